The maximum Gasteiger partial charge on any atom is 0.126 e. The lowest BCUT2D eigenvalue weighted by Gasteiger charge is -2.34. The zero-order valence-electron chi connectivity index (χ0n) is 14.3. The monoisotopic (exact) mass is 338 g/mol. The third kappa shape index (κ3) is 3.50. The number of ether oxygens (including phenoxy) is 1. The fourth-order valence-corrected chi connectivity index (χ4v) is 3.30. The molecule has 25 heavy (non-hydrogen) atoms. The van der Waals surface area contributed by atoms with Crippen LogP contribution in [-0.4, -0.2) is 26.0 Å². The van der Waals surface area contributed by atoms with E-state index < -0.39 is 0 Å². The molecular weight excluding hydrogens is 316 g/mol. The number of hydrogen-bond acceptors (Lipinski definition) is 5. The van der Waals surface area contributed by atoms with Crippen molar-refractivity contribution >= 4 is 0 Å². The average Bonchev–Trinajstić information content (AvgIpc) is 3.29. The highest BCUT2D eigenvalue weighted by Crippen LogP contribution is 2.27. The molecule has 0 aliphatic carbocycles. The second-order valence-electron chi connectivity index (χ2n) is 6.39. The van der Waals surface area contributed by atoms with Crippen LogP contribution in [0.3, 0.4) is 0 Å². The predicted octanol–water partition coefficient (Wildman–Crippen LogP) is 3.16. The summed E-state index contributed by atoms with van der Waals surface area (Å²) in [6.45, 7) is 6.19. The Morgan fingerprint density at radius 3 is 2.84 bits per heavy atom. The maximum atomic E-state index is 5.86. The topological polar surface area (TPSA) is 56.3 Å². The van der Waals surface area contributed by atoms with Crippen LogP contribution in [0.15, 0.2) is 53.7 Å². The molecule has 1 aliphatic rings. The summed E-state index contributed by atoms with van der Waals surface area (Å²) < 4.78 is 13.3. The van der Waals surface area contributed by atoms with Crippen LogP contribution in [0, 0.1) is 0 Å². The number of pyridine rings is 1. The van der Waals surface area contributed by atoms with E-state index in [1.54, 1.807) is 18.7 Å². The lowest BCUT2D eigenvalue weighted by atomic mass is 10.2. The number of furan rings is 1. The summed E-state index contributed by atoms with van der Waals surface area (Å²) >= 11 is 0. The molecule has 130 valence electrons. The molecule has 4 rings (SSSR count). The van der Waals surface area contributed by atoms with E-state index in [0.29, 0.717) is 13.2 Å². The van der Waals surface area contributed by atoms with Crippen LogP contribution in [0.2, 0.25) is 0 Å². The van der Waals surface area contributed by atoms with Gasteiger partial charge in [0.2, 0.25) is 0 Å². The summed E-state index contributed by atoms with van der Waals surface area (Å²) in [6.07, 6.45) is 9.06. The Hall–Kier alpha value is -2.44. The zero-order chi connectivity index (χ0) is 17.1. The molecule has 0 spiro atoms. The zero-order valence-corrected chi connectivity index (χ0v) is 14.3. The van der Waals surface area contributed by atoms with Gasteiger partial charge in [0.25, 0.3) is 0 Å². The Labute approximate surface area is 147 Å². The van der Waals surface area contributed by atoms with Crippen molar-refractivity contribution in [1.82, 2.24) is 19.4 Å². The summed E-state index contributed by atoms with van der Waals surface area (Å²) in [4.78, 5) is 11.1. The van der Waals surface area contributed by atoms with E-state index in [9.17, 15) is 0 Å². The minimum atomic E-state index is 0.276. The van der Waals surface area contributed by atoms with Crippen LogP contribution in [0.25, 0.3) is 0 Å². The van der Waals surface area contributed by atoms with Gasteiger partial charge in [0.15, 0.2) is 0 Å². The quantitative estimate of drug-likeness (QED) is 0.691. The normalized spacial score (nSPS) is 17.6. The van der Waals surface area contributed by atoms with Crippen LogP contribution in [0.1, 0.15) is 35.6 Å². The highest BCUT2D eigenvalue weighted by Gasteiger charge is 2.27. The summed E-state index contributed by atoms with van der Waals surface area (Å²) in [7, 11) is 0. The third-order valence-corrected chi connectivity index (χ3v) is 4.74. The lowest BCUT2D eigenvalue weighted by molar-refractivity contribution is 0.0970. The highest BCUT2D eigenvalue weighted by molar-refractivity contribution is 5.13. The van der Waals surface area contributed by atoms with Gasteiger partial charge in [-0.1, -0.05) is 0 Å². The molecule has 0 amide bonds. The number of rotatable bonds is 6. The van der Waals surface area contributed by atoms with Crippen molar-refractivity contribution in [2.24, 2.45) is 0 Å². The smallest absolute Gasteiger partial charge is 0.126 e. The first kappa shape index (κ1) is 16.1. The summed E-state index contributed by atoms with van der Waals surface area (Å²) in [5.74, 6) is 1.11. The number of aromatic nitrogens is 3. The van der Waals surface area contributed by atoms with Gasteiger partial charge in [-0.25, -0.2) is 4.98 Å². The van der Waals surface area contributed by atoms with Crippen molar-refractivity contribution in [3.63, 3.8) is 0 Å². The van der Waals surface area contributed by atoms with E-state index in [1.807, 2.05) is 30.7 Å². The minimum Gasteiger partial charge on any atom is -0.472 e. The van der Waals surface area contributed by atoms with Crippen molar-refractivity contribution in [3.05, 3.63) is 72.0 Å². The second kappa shape index (κ2) is 7.21. The molecule has 6 heteroatoms. The van der Waals surface area contributed by atoms with Gasteiger partial charge in [0, 0.05) is 37.6 Å². The molecule has 0 N–H and O–H groups in total. The standard InChI is InChI=1S/C19H22N4O2/c1-15-19-21-10-18(14-25-12-16-2-5-20-6-3-16)23(19)8-7-22(15)11-17-4-9-24-13-17/h2-6,9-10,13,15H,7-8,11-12,14H2,1H3/t15-/m1/s1. The highest BCUT2D eigenvalue weighted by atomic mass is 16.5. The maximum absolute atomic E-state index is 5.86. The van der Waals surface area contributed by atoms with Gasteiger partial charge in [-0.15, -0.1) is 0 Å². The molecule has 1 atom stereocenters. The van der Waals surface area contributed by atoms with Gasteiger partial charge in [0.1, 0.15) is 5.82 Å². The van der Waals surface area contributed by atoms with E-state index in [1.165, 1.54) is 5.56 Å². The molecule has 1 aliphatic heterocycles. The molecule has 0 radical (unpaired) electrons. The summed E-state index contributed by atoms with van der Waals surface area (Å²) in [5.41, 5.74) is 3.47. The molecular formula is C19H22N4O2. The SMILES string of the molecule is C[C@@H]1c2ncc(COCc3ccncc3)n2CCN1Cc1ccoc1. The van der Waals surface area contributed by atoms with Gasteiger partial charge >= 0.3 is 0 Å². The Kier molecular flexibility index (Phi) is 4.63. The molecule has 0 bridgehead atoms. The van der Waals surface area contributed by atoms with E-state index in [0.717, 1.165) is 36.7 Å². The fraction of sp³-hybridized carbons (Fsp3) is 0.368. The molecule has 0 saturated heterocycles. The Morgan fingerprint density at radius 2 is 2.04 bits per heavy atom. The van der Waals surface area contributed by atoms with E-state index in [2.05, 4.69) is 26.4 Å². The lowest BCUT2D eigenvalue weighted by Crippen LogP contribution is -2.37. The second-order valence-corrected chi connectivity index (χ2v) is 6.39. The fourth-order valence-electron chi connectivity index (χ4n) is 3.30. The third-order valence-electron chi connectivity index (χ3n) is 4.74. The first-order chi connectivity index (χ1) is 12.3. The average molecular weight is 338 g/mol. The van der Waals surface area contributed by atoms with Crippen LogP contribution in [-0.2, 0) is 31.0 Å². The minimum absolute atomic E-state index is 0.276. The van der Waals surface area contributed by atoms with Gasteiger partial charge in [0.05, 0.1) is 43.7 Å². The molecule has 3 aromatic rings. The van der Waals surface area contributed by atoms with Crippen molar-refractivity contribution in [2.45, 2.75) is 39.3 Å². The Balaban J connectivity index is 1.39. The van der Waals surface area contributed by atoms with Gasteiger partial charge in [-0.2, -0.15) is 0 Å². The van der Waals surface area contributed by atoms with Crippen LogP contribution >= 0.6 is 0 Å². The first-order valence-electron chi connectivity index (χ1n) is 8.57. The molecule has 6 nitrogen and oxygen atoms in total. The molecule has 0 fully saturated rings. The molecule has 0 saturated carbocycles. The molecule has 0 unspecified atom stereocenters. The van der Waals surface area contributed by atoms with Crippen molar-refractivity contribution in [2.75, 3.05) is 6.54 Å². The molecule has 0 aromatic carbocycles. The van der Waals surface area contributed by atoms with Crippen molar-refractivity contribution < 1.29 is 9.15 Å². The first-order valence-corrected chi connectivity index (χ1v) is 8.57. The van der Waals surface area contributed by atoms with Gasteiger partial charge in [-0.3, -0.25) is 9.88 Å². The molecule has 4 heterocycles. The number of imidazole rings is 1. The van der Waals surface area contributed by atoms with Gasteiger partial charge < -0.3 is 13.7 Å². The number of nitrogens with zero attached hydrogens (tertiary/aromatic N) is 4. The van der Waals surface area contributed by atoms with Crippen molar-refractivity contribution in [3.8, 4) is 0 Å². The summed E-state index contributed by atoms with van der Waals surface area (Å²) in [6, 6.07) is 6.24. The van der Waals surface area contributed by atoms with Crippen LogP contribution in [0.4, 0.5) is 0 Å². The van der Waals surface area contributed by atoms with E-state index in [4.69, 9.17) is 9.15 Å². The Morgan fingerprint density at radius 1 is 1.16 bits per heavy atom. The molecule has 3 aromatic heterocycles. The Bertz CT molecular complexity index is 798. The van der Waals surface area contributed by atoms with Crippen molar-refractivity contribution in [1.29, 1.82) is 0 Å². The van der Waals surface area contributed by atoms with E-state index in [-0.39, 0.29) is 6.04 Å². The van der Waals surface area contributed by atoms with Crippen LogP contribution < -0.4 is 0 Å². The summed E-state index contributed by atoms with van der Waals surface area (Å²) in [5, 5.41) is 0. The van der Waals surface area contributed by atoms with Crippen LogP contribution in [0.5, 0.6) is 0 Å². The largest absolute Gasteiger partial charge is 0.472 e. The number of fused-ring (bicyclic) bond motifs is 1. The van der Waals surface area contributed by atoms with Gasteiger partial charge in [-0.05, 0) is 30.7 Å². The number of hydrogen-bond donors (Lipinski definition) is 0. The predicted molar refractivity (Wildman–Crippen MR) is 92.5 cm³/mol. The van der Waals surface area contributed by atoms with E-state index >= 15 is 0 Å².